The molecule has 3 rings (SSSR count). The average Bonchev–Trinajstić information content (AvgIpc) is 2.92. The Bertz CT molecular complexity index is 613. The number of fused-ring (bicyclic) bond motifs is 1. The summed E-state index contributed by atoms with van der Waals surface area (Å²) in [6.45, 7) is 0. The zero-order chi connectivity index (χ0) is 13.9. The van der Waals surface area contributed by atoms with Crippen molar-refractivity contribution in [2.24, 2.45) is 0 Å². The van der Waals surface area contributed by atoms with Crippen LogP contribution in [0.2, 0.25) is 0 Å². The predicted octanol–water partition coefficient (Wildman–Crippen LogP) is 2.15. The van der Waals surface area contributed by atoms with E-state index in [4.69, 9.17) is 0 Å². The van der Waals surface area contributed by atoms with Crippen molar-refractivity contribution < 1.29 is 10.0 Å². The normalized spacial score (nSPS) is 13.3. The summed E-state index contributed by atoms with van der Waals surface area (Å²) in [5.41, 5.74) is 4.54. The maximum atomic E-state index is 9.37. The Morgan fingerprint density at radius 2 is 1.80 bits per heavy atom. The number of aryl methyl sites for hydroxylation is 2. The van der Waals surface area contributed by atoms with E-state index in [1.54, 1.807) is 17.8 Å². The molecule has 0 unspecified atom stereocenters. The molecule has 2 N–H and O–H groups in total. The van der Waals surface area contributed by atoms with Crippen molar-refractivity contribution in [3.8, 4) is 0 Å². The maximum absolute atomic E-state index is 9.37. The SMILES string of the molecule is OB(O)c1ccccc1CSc1ccc2c(c1)CCC2. The van der Waals surface area contributed by atoms with Gasteiger partial charge >= 0.3 is 7.12 Å². The van der Waals surface area contributed by atoms with Crippen LogP contribution in [-0.2, 0) is 18.6 Å². The van der Waals surface area contributed by atoms with Crippen molar-refractivity contribution in [3.05, 3.63) is 59.2 Å². The standard InChI is InChI=1S/C16H17BO2S/c18-17(19)16-7-2-1-4-14(16)11-20-15-9-8-12-5-3-6-13(12)10-15/h1-2,4,7-10,18-19H,3,5-6,11H2. The molecule has 0 saturated carbocycles. The second-order valence-corrected chi connectivity index (χ2v) is 6.19. The summed E-state index contributed by atoms with van der Waals surface area (Å²) >= 11 is 1.75. The van der Waals surface area contributed by atoms with Crippen LogP contribution in [-0.4, -0.2) is 17.2 Å². The molecule has 2 aromatic carbocycles. The van der Waals surface area contributed by atoms with Gasteiger partial charge in [0.25, 0.3) is 0 Å². The molecule has 0 saturated heterocycles. The van der Waals surface area contributed by atoms with Crippen molar-refractivity contribution >= 4 is 24.3 Å². The van der Waals surface area contributed by atoms with E-state index >= 15 is 0 Å². The van der Waals surface area contributed by atoms with Crippen LogP contribution in [0.4, 0.5) is 0 Å². The number of hydrogen-bond donors (Lipinski definition) is 2. The largest absolute Gasteiger partial charge is 0.488 e. The van der Waals surface area contributed by atoms with Crippen LogP contribution in [0.1, 0.15) is 23.1 Å². The minimum atomic E-state index is -1.40. The molecule has 2 nitrogen and oxygen atoms in total. The Morgan fingerprint density at radius 1 is 1.00 bits per heavy atom. The highest BCUT2D eigenvalue weighted by Gasteiger charge is 2.15. The minimum absolute atomic E-state index is 0.598. The molecule has 1 aliphatic rings. The van der Waals surface area contributed by atoms with Gasteiger partial charge in [-0.15, -0.1) is 11.8 Å². The molecule has 0 aliphatic heterocycles. The van der Waals surface area contributed by atoms with Crippen molar-refractivity contribution in [1.29, 1.82) is 0 Å². The van der Waals surface area contributed by atoms with Crippen LogP contribution < -0.4 is 5.46 Å². The predicted molar refractivity (Wildman–Crippen MR) is 84.3 cm³/mol. The van der Waals surface area contributed by atoms with Gasteiger partial charge in [-0.05, 0) is 53.5 Å². The zero-order valence-corrected chi connectivity index (χ0v) is 12.1. The van der Waals surface area contributed by atoms with Gasteiger partial charge in [0.2, 0.25) is 0 Å². The van der Waals surface area contributed by atoms with Crippen LogP contribution in [0, 0.1) is 0 Å². The highest BCUT2D eigenvalue weighted by Crippen LogP contribution is 2.29. The summed E-state index contributed by atoms with van der Waals surface area (Å²) in [7, 11) is -1.40. The van der Waals surface area contributed by atoms with Crippen molar-refractivity contribution in [2.75, 3.05) is 0 Å². The van der Waals surface area contributed by atoms with Crippen molar-refractivity contribution in [2.45, 2.75) is 29.9 Å². The third kappa shape index (κ3) is 2.93. The topological polar surface area (TPSA) is 40.5 Å². The first kappa shape index (κ1) is 13.7. The third-order valence-corrected chi connectivity index (χ3v) is 4.84. The lowest BCUT2D eigenvalue weighted by Crippen LogP contribution is -2.32. The van der Waals surface area contributed by atoms with Gasteiger partial charge in [0.05, 0.1) is 0 Å². The van der Waals surface area contributed by atoms with E-state index < -0.39 is 7.12 Å². The van der Waals surface area contributed by atoms with E-state index in [0.717, 1.165) is 11.3 Å². The van der Waals surface area contributed by atoms with Gasteiger partial charge in [-0.1, -0.05) is 30.3 Å². The van der Waals surface area contributed by atoms with Gasteiger partial charge in [-0.2, -0.15) is 0 Å². The highest BCUT2D eigenvalue weighted by molar-refractivity contribution is 7.98. The summed E-state index contributed by atoms with van der Waals surface area (Å²) in [6, 6.07) is 14.2. The summed E-state index contributed by atoms with van der Waals surface area (Å²) in [6.07, 6.45) is 3.67. The lowest BCUT2D eigenvalue weighted by Gasteiger charge is -2.09. The van der Waals surface area contributed by atoms with Gasteiger partial charge in [0.1, 0.15) is 0 Å². The summed E-state index contributed by atoms with van der Waals surface area (Å²) in [5, 5.41) is 18.7. The lowest BCUT2D eigenvalue weighted by atomic mass is 9.77. The molecule has 4 heteroatoms. The molecule has 0 atom stereocenters. The zero-order valence-electron chi connectivity index (χ0n) is 11.2. The number of thioether (sulfide) groups is 1. The quantitative estimate of drug-likeness (QED) is 0.667. The van der Waals surface area contributed by atoms with E-state index in [-0.39, 0.29) is 0 Å². The molecule has 2 aromatic rings. The molecular formula is C16H17BO2S. The van der Waals surface area contributed by atoms with E-state index in [9.17, 15) is 10.0 Å². The molecule has 20 heavy (non-hydrogen) atoms. The van der Waals surface area contributed by atoms with Crippen LogP contribution in [0.15, 0.2) is 47.4 Å². The minimum Gasteiger partial charge on any atom is -0.423 e. The second kappa shape index (κ2) is 6.04. The van der Waals surface area contributed by atoms with Crippen LogP contribution >= 0.6 is 11.8 Å². The number of benzene rings is 2. The number of rotatable bonds is 4. The summed E-state index contributed by atoms with van der Waals surface area (Å²) < 4.78 is 0. The van der Waals surface area contributed by atoms with Crippen LogP contribution in [0.25, 0.3) is 0 Å². The lowest BCUT2D eigenvalue weighted by molar-refractivity contribution is 0.425. The van der Waals surface area contributed by atoms with E-state index in [1.807, 2.05) is 18.2 Å². The molecule has 0 amide bonds. The fourth-order valence-corrected chi connectivity index (χ4v) is 3.69. The van der Waals surface area contributed by atoms with Crippen molar-refractivity contribution in [1.82, 2.24) is 0 Å². The summed E-state index contributed by atoms with van der Waals surface area (Å²) in [5.74, 6) is 0.757. The molecule has 0 aromatic heterocycles. The fourth-order valence-electron chi connectivity index (χ4n) is 2.72. The molecule has 102 valence electrons. The first-order chi connectivity index (χ1) is 9.74. The number of hydrogen-bond acceptors (Lipinski definition) is 3. The van der Waals surface area contributed by atoms with Gasteiger partial charge in [0, 0.05) is 10.6 Å². The van der Waals surface area contributed by atoms with Gasteiger partial charge in [0.15, 0.2) is 0 Å². The van der Waals surface area contributed by atoms with Gasteiger partial charge < -0.3 is 10.0 Å². The highest BCUT2D eigenvalue weighted by atomic mass is 32.2. The Kier molecular flexibility index (Phi) is 4.15. The molecule has 1 aliphatic carbocycles. The van der Waals surface area contributed by atoms with Crippen LogP contribution in [0.5, 0.6) is 0 Å². The Hall–Kier alpha value is -1.23. The molecule has 0 heterocycles. The molecule has 0 spiro atoms. The molecule has 0 bridgehead atoms. The fraction of sp³-hybridized carbons (Fsp3) is 0.250. The van der Waals surface area contributed by atoms with E-state index in [1.165, 1.54) is 35.3 Å². The Labute approximate surface area is 124 Å². The first-order valence-corrected chi connectivity index (χ1v) is 7.91. The molecular weight excluding hydrogens is 267 g/mol. The van der Waals surface area contributed by atoms with Crippen LogP contribution in [0.3, 0.4) is 0 Å². The summed E-state index contributed by atoms with van der Waals surface area (Å²) in [4.78, 5) is 1.26. The third-order valence-electron chi connectivity index (χ3n) is 3.80. The van der Waals surface area contributed by atoms with Gasteiger partial charge in [-0.3, -0.25) is 0 Å². The first-order valence-electron chi connectivity index (χ1n) is 6.92. The molecule has 0 radical (unpaired) electrons. The van der Waals surface area contributed by atoms with E-state index in [2.05, 4.69) is 18.2 Å². The Balaban J connectivity index is 1.74. The monoisotopic (exact) mass is 284 g/mol. The smallest absolute Gasteiger partial charge is 0.423 e. The van der Waals surface area contributed by atoms with Gasteiger partial charge in [-0.25, -0.2) is 0 Å². The second-order valence-electron chi connectivity index (χ2n) is 5.15. The van der Waals surface area contributed by atoms with E-state index in [0.29, 0.717) is 5.46 Å². The maximum Gasteiger partial charge on any atom is 0.488 e. The van der Waals surface area contributed by atoms with Crippen molar-refractivity contribution in [3.63, 3.8) is 0 Å². The Morgan fingerprint density at radius 3 is 2.65 bits per heavy atom. The molecule has 0 fully saturated rings. The average molecular weight is 284 g/mol.